The molecule has 2 N–H and O–H groups in total. The summed E-state index contributed by atoms with van der Waals surface area (Å²) in [7, 11) is 0. The van der Waals surface area contributed by atoms with Gasteiger partial charge in [0.05, 0.1) is 5.75 Å². The molecule has 5 heteroatoms. The van der Waals surface area contributed by atoms with Gasteiger partial charge in [-0.2, -0.15) is 4.98 Å². The van der Waals surface area contributed by atoms with E-state index in [1.165, 1.54) is 4.90 Å². The number of benzene rings is 1. The first-order valence-electron chi connectivity index (χ1n) is 5.81. The van der Waals surface area contributed by atoms with E-state index < -0.39 is 0 Å². The number of rotatable bonds is 5. The molecule has 2 rings (SSSR count). The molecule has 0 radical (unpaired) electrons. The largest absolute Gasteiger partial charge is 0.339 e. The Morgan fingerprint density at radius 2 is 2.00 bits per heavy atom. The smallest absolute Gasteiger partial charge is 0.228 e. The summed E-state index contributed by atoms with van der Waals surface area (Å²) in [5.74, 6) is 2.02. The molecule has 18 heavy (non-hydrogen) atoms. The van der Waals surface area contributed by atoms with Crippen molar-refractivity contribution < 1.29 is 4.52 Å². The van der Waals surface area contributed by atoms with E-state index in [1.807, 2.05) is 32.0 Å². The maximum absolute atomic E-state index is 5.91. The van der Waals surface area contributed by atoms with E-state index in [4.69, 9.17) is 10.3 Å². The zero-order chi connectivity index (χ0) is 13.0. The van der Waals surface area contributed by atoms with E-state index in [-0.39, 0.29) is 5.54 Å². The van der Waals surface area contributed by atoms with Gasteiger partial charge in [-0.3, -0.25) is 0 Å². The van der Waals surface area contributed by atoms with Crippen LogP contribution in [0.4, 0.5) is 0 Å². The van der Waals surface area contributed by atoms with Gasteiger partial charge in [0.2, 0.25) is 5.89 Å². The minimum Gasteiger partial charge on any atom is -0.339 e. The summed E-state index contributed by atoms with van der Waals surface area (Å²) in [5.41, 5.74) is 5.59. The van der Waals surface area contributed by atoms with Gasteiger partial charge in [0.25, 0.3) is 0 Å². The molecule has 0 saturated carbocycles. The lowest BCUT2D eigenvalue weighted by Crippen LogP contribution is -2.34. The van der Waals surface area contributed by atoms with Crippen LogP contribution in [0.3, 0.4) is 0 Å². The molecule has 0 saturated heterocycles. The van der Waals surface area contributed by atoms with E-state index in [2.05, 4.69) is 22.3 Å². The van der Waals surface area contributed by atoms with Gasteiger partial charge in [-0.25, -0.2) is 0 Å². The van der Waals surface area contributed by atoms with E-state index in [0.29, 0.717) is 23.9 Å². The molecule has 0 aliphatic heterocycles. The van der Waals surface area contributed by atoms with Crippen molar-refractivity contribution in [3.8, 4) is 0 Å². The monoisotopic (exact) mass is 263 g/mol. The van der Waals surface area contributed by atoms with Crippen LogP contribution >= 0.6 is 11.8 Å². The number of nitrogens with zero attached hydrogens (tertiary/aromatic N) is 2. The van der Waals surface area contributed by atoms with Crippen molar-refractivity contribution in [1.29, 1.82) is 0 Å². The second-order valence-electron chi connectivity index (χ2n) is 4.87. The first-order valence-corrected chi connectivity index (χ1v) is 6.80. The molecular weight excluding hydrogens is 246 g/mol. The summed E-state index contributed by atoms with van der Waals surface area (Å²) >= 11 is 1.69. The fourth-order valence-electron chi connectivity index (χ4n) is 1.47. The summed E-state index contributed by atoms with van der Waals surface area (Å²) in [6.45, 7) is 3.88. The van der Waals surface area contributed by atoms with Gasteiger partial charge in [-0.05, 0) is 26.0 Å². The molecule has 2 aromatic rings. The first kappa shape index (κ1) is 13.1. The quantitative estimate of drug-likeness (QED) is 0.840. The number of aromatic nitrogens is 2. The van der Waals surface area contributed by atoms with Crippen molar-refractivity contribution in [3.63, 3.8) is 0 Å². The molecule has 1 aromatic carbocycles. The van der Waals surface area contributed by atoms with Crippen molar-refractivity contribution >= 4 is 11.8 Å². The minimum atomic E-state index is -0.323. The average Bonchev–Trinajstić information content (AvgIpc) is 2.73. The number of thioether (sulfide) groups is 1. The lowest BCUT2D eigenvalue weighted by atomic mass is 10.0. The normalized spacial score (nSPS) is 11.7. The standard InChI is InChI=1S/C13H17N3OS/c1-13(2,14)8-12-15-11(16-17-12)9-18-10-6-4-3-5-7-10/h3-7H,8-9,14H2,1-2H3. The van der Waals surface area contributed by atoms with E-state index >= 15 is 0 Å². The lowest BCUT2D eigenvalue weighted by Gasteiger charge is -2.14. The van der Waals surface area contributed by atoms with Crippen molar-refractivity contribution in [3.05, 3.63) is 42.0 Å². The Labute approximate surface area is 111 Å². The molecule has 1 aromatic heterocycles. The molecule has 0 amide bonds. The Balaban J connectivity index is 1.91. The second-order valence-corrected chi connectivity index (χ2v) is 5.92. The zero-order valence-corrected chi connectivity index (χ0v) is 11.4. The van der Waals surface area contributed by atoms with Crippen LogP contribution in [-0.4, -0.2) is 15.7 Å². The molecule has 0 unspecified atom stereocenters. The Bertz CT molecular complexity index is 490. The molecule has 96 valence electrons. The Hall–Kier alpha value is -1.33. The molecule has 0 bridgehead atoms. The third kappa shape index (κ3) is 4.16. The average molecular weight is 263 g/mol. The van der Waals surface area contributed by atoms with E-state index in [1.54, 1.807) is 11.8 Å². The molecule has 4 nitrogen and oxygen atoms in total. The topological polar surface area (TPSA) is 64.9 Å². The second kappa shape index (κ2) is 5.54. The summed E-state index contributed by atoms with van der Waals surface area (Å²) in [6, 6.07) is 10.2. The Morgan fingerprint density at radius 1 is 1.28 bits per heavy atom. The van der Waals surface area contributed by atoms with Crippen molar-refractivity contribution in [2.75, 3.05) is 0 Å². The van der Waals surface area contributed by atoms with Crippen molar-refractivity contribution in [2.45, 2.75) is 36.5 Å². The van der Waals surface area contributed by atoms with Crippen LogP contribution < -0.4 is 5.73 Å². The summed E-state index contributed by atoms with van der Waals surface area (Å²) < 4.78 is 5.17. The molecule has 0 atom stereocenters. The number of nitrogens with two attached hydrogens (primary N) is 1. The number of hydrogen-bond acceptors (Lipinski definition) is 5. The van der Waals surface area contributed by atoms with Gasteiger partial charge in [0.15, 0.2) is 5.82 Å². The molecule has 0 aliphatic rings. The highest BCUT2D eigenvalue weighted by Crippen LogP contribution is 2.21. The van der Waals surface area contributed by atoms with Gasteiger partial charge >= 0.3 is 0 Å². The molecular formula is C13H17N3OS. The van der Waals surface area contributed by atoms with Crippen LogP contribution in [-0.2, 0) is 12.2 Å². The molecule has 0 aliphatic carbocycles. The fraction of sp³-hybridized carbons (Fsp3) is 0.385. The minimum absolute atomic E-state index is 0.323. The molecule has 0 fully saturated rings. The zero-order valence-electron chi connectivity index (χ0n) is 10.6. The molecule has 0 spiro atoms. The molecule has 1 heterocycles. The van der Waals surface area contributed by atoms with Gasteiger partial charge in [0, 0.05) is 16.9 Å². The van der Waals surface area contributed by atoms with Crippen molar-refractivity contribution in [1.82, 2.24) is 10.1 Å². The predicted octanol–water partition coefficient (Wildman–Crippen LogP) is 2.64. The third-order valence-electron chi connectivity index (χ3n) is 2.23. The highest BCUT2D eigenvalue weighted by atomic mass is 32.2. The summed E-state index contributed by atoms with van der Waals surface area (Å²) in [6.07, 6.45) is 0.593. The Morgan fingerprint density at radius 3 is 2.67 bits per heavy atom. The maximum Gasteiger partial charge on any atom is 0.228 e. The fourth-order valence-corrected chi connectivity index (χ4v) is 2.24. The first-order chi connectivity index (χ1) is 8.53. The van der Waals surface area contributed by atoms with Crippen LogP contribution in [0.2, 0.25) is 0 Å². The van der Waals surface area contributed by atoms with Gasteiger partial charge in [-0.1, -0.05) is 23.4 Å². The summed E-state index contributed by atoms with van der Waals surface area (Å²) in [4.78, 5) is 5.53. The maximum atomic E-state index is 5.91. The van der Waals surface area contributed by atoms with Gasteiger partial charge in [-0.15, -0.1) is 11.8 Å². The number of hydrogen-bond donors (Lipinski definition) is 1. The van der Waals surface area contributed by atoms with Crippen LogP contribution in [0.5, 0.6) is 0 Å². The van der Waals surface area contributed by atoms with Gasteiger partial charge in [0.1, 0.15) is 0 Å². The SMILES string of the molecule is CC(C)(N)Cc1nc(CSc2ccccc2)no1. The van der Waals surface area contributed by atoms with Crippen LogP contribution in [0, 0.1) is 0 Å². The predicted molar refractivity (Wildman–Crippen MR) is 72.3 cm³/mol. The van der Waals surface area contributed by atoms with E-state index in [0.717, 1.165) is 0 Å². The summed E-state index contributed by atoms with van der Waals surface area (Å²) in [5, 5.41) is 3.95. The van der Waals surface area contributed by atoms with E-state index in [9.17, 15) is 0 Å². The lowest BCUT2D eigenvalue weighted by molar-refractivity contribution is 0.345. The highest BCUT2D eigenvalue weighted by molar-refractivity contribution is 7.98. The van der Waals surface area contributed by atoms with Crippen LogP contribution in [0.15, 0.2) is 39.8 Å². The third-order valence-corrected chi connectivity index (χ3v) is 3.24. The van der Waals surface area contributed by atoms with Crippen LogP contribution in [0.25, 0.3) is 0 Å². The van der Waals surface area contributed by atoms with Gasteiger partial charge < -0.3 is 10.3 Å². The van der Waals surface area contributed by atoms with Crippen LogP contribution in [0.1, 0.15) is 25.6 Å². The van der Waals surface area contributed by atoms with Crippen molar-refractivity contribution in [2.24, 2.45) is 5.73 Å². The Kier molecular flexibility index (Phi) is 4.04. The highest BCUT2D eigenvalue weighted by Gasteiger charge is 2.16.